The van der Waals surface area contributed by atoms with Crippen LogP contribution in [0.4, 0.5) is 8.78 Å². The highest BCUT2D eigenvalue weighted by Gasteiger charge is 2.42. The van der Waals surface area contributed by atoms with Gasteiger partial charge in [0.1, 0.15) is 0 Å². The fraction of sp³-hybridized carbons (Fsp3) is 0.647. The number of hydrogen-bond donors (Lipinski definition) is 2. The van der Waals surface area contributed by atoms with Gasteiger partial charge in [-0.25, -0.2) is 8.78 Å². The molecule has 118 valence electrons. The van der Waals surface area contributed by atoms with E-state index in [1.165, 1.54) is 12.1 Å². The SMILES string of the molecule is CC1(C)CCC(CN)(C(O)c2ccc(C(F)F)cc2)CC1. The van der Waals surface area contributed by atoms with E-state index >= 15 is 0 Å². The molecule has 0 spiro atoms. The molecule has 1 aliphatic rings. The van der Waals surface area contributed by atoms with Gasteiger partial charge < -0.3 is 10.8 Å². The van der Waals surface area contributed by atoms with Crippen molar-refractivity contribution in [1.82, 2.24) is 0 Å². The molecule has 0 saturated heterocycles. The van der Waals surface area contributed by atoms with Gasteiger partial charge >= 0.3 is 0 Å². The number of halogens is 2. The summed E-state index contributed by atoms with van der Waals surface area (Å²) in [6.07, 6.45) is 0.621. The lowest BCUT2D eigenvalue weighted by Gasteiger charge is -2.45. The summed E-state index contributed by atoms with van der Waals surface area (Å²) in [7, 11) is 0. The predicted molar refractivity (Wildman–Crippen MR) is 80.1 cm³/mol. The molecule has 0 aromatic heterocycles. The summed E-state index contributed by atoms with van der Waals surface area (Å²) in [5.41, 5.74) is 6.59. The van der Waals surface area contributed by atoms with E-state index < -0.39 is 12.5 Å². The van der Waals surface area contributed by atoms with Crippen LogP contribution in [0.3, 0.4) is 0 Å². The summed E-state index contributed by atoms with van der Waals surface area (Å²) in [5, 5.41) is 10.7. The Balaban J connectivity index is 2.18. The molecule has 1 aromatic carbocycles. The van der Waals surface area contributed by atoms with Crippen molar-refractivity contribution in [3.8, 4) is 0 Å². The van der Waals surface area contributed by atoms with E-state index in [1.54, 1.807) is 12.1 Å². The number of aliphatic hydroxyl groups is 1. The van der Waals surface area contributed by atoms with Gasteiger partial charge in [0, 0.05) is 17.5 Å². The lowest BCUT2D eigenvalue weighted by Crippen LogP contribution is -2.41. The monoisotopic (exact) mass is 297 g/mol. The van der Waals surface area contributed by atoms with Crippen LogP contribution in [0, 0.1) is 10.8 Å². The Morgan fingerprint density at radius 3 is 1.95 bits per heavy atom. The van der Waals surface area contributed by atoms with Crippen molar-refractivity contribution in [2.75, 3.05) is 6.54 Å². The fourth-order valence-electron chi connectivity index (χ4n) is 3.19. The summed E-state index contributed by atoms with van der Waals surface area (Å²) in [6, 6.07) is 5.98. The Bertz CT molecular complexity index is 460. The third-order valence-electron chi connectivity index (χ3n) is 5.09. The van der Waals surface area contributed by atoms with E-state index in [-0.39, 0.29) is 16.4 Å². The Hall–Kier alpha value is -1.00. The van der Waals surface area contributed by atoms with Crippen LogP contribution in [0.1, 0.15) is 63.2 Å². The molecular formula is C17H25F2NO. The first kappa shape index (κ1) is 16.4. The molecule has 3 N–H and O–H groups in total. The summed E-state index contributed by atoms with van der Waals surface area (Å²) in [5.74, 6) is 0. The van der Waals surface area contributed by atoms with Crippen LogP contribution >= 0.6 is 0 Å². The number of aliphatic hydroxyl groups excluding tert-OH is 1. The molecule has 1 unspecified atom stereocenters. The highest BCUT2D eigenvalue weighted by Crippen LogP contribution is 2.50. The second kappa shape index (κ2) is 6.01. The average Bonchev–Trinajstić information content (AvgIpc) is 2.47. The summed E-state index contributed by atoms with van der Waals surface area (Å²) in [4.78, 5) is 0. The van der Waals surface area contributed by atoms with Crippen LogP contribution in [-0.2, 0) is 0 Å². The Labute approximate surface area is 125 Å². The van der Waals surface area contributed by atoms with Gasteiger partial charge in [-0.2, -0.15) is 0 Å². The summed E-state index contributed by atoms with van der Waals surface area (Å²) in [6.45, 7) is 4.88. The minimum atomic E-state index is -2.48. The predicted octanol–water partition coefficient (Wildman–Crippen LogP) is 4.20. The molecule has 21 heavy (non-hydrogen) atoms. The molecule has 1 aliphatic carbocycles. The largest absolute Gasteiger partial charge is 0.388 e. The van der Waals surface area contributed by atoms with Gasteiger partial charge in [0.15, 0.2) is 0 Å². The quantitative estimate of drug-likeness (QED) is 0.874. The first-order chi connectivity index (χ1) is 9.80. The highest BCUT2D eigenvalue weighted by atomic mass is 19.3. The molecule has 0 bridgehead atoms. The van der Waals surface area contributed by atoms with E-state index in [0.29, 0.717) is 12.1 Å². The average molecular weight is 297 g/mol. The zero-order valence-electron chi connectivity index (χ0n) is 12.8. The van der Waals surface area contributed by atoms with Gasteiger partial charge in [0.25, 0.3) is 6.43 Å². The standard InChI is InChI=1S/C17H25F2NO/c1-16(2)7-9-17(11-20,10-8-16)14(21)12-3-5-13(6-4-12)15(18)19/h3-6,14-15,21H,7-11,20H2,1-2H3. The molecular weight excluding hydrogens is 272 g/mol. The normalized spacial score (nSPS) is 22.2. The number of nitrogens with two attached hydrogens (primary N) is 1. The van der Waals surface area contributed by atoms with Crippen LogP contribution in [0.2, 0.25) is 0 Å². The molecule has 1 aromatic rings. The first-order valence-corrected chi connectivity index (χ1v) is 7.56. The zero-order valence-corrected chi connectivity index (χ0v) is 12.8. The second-order valence-electron chi connectivity index (χ2n) is 7.10. The van der Waals surface area contributed by atoms with E-state index in [4.69, 9.17) is 5.73 Å². The topological polar surface area (TPSA) is 46.2 Å². The Kier molecular flexibility index (Phi) is 4.69. The maximum Gasteiger partial charge on any atom is 0.263 e. The lowest BCUT2D eigenvalue weighted by molar-refractivity contribution is -0.0236. The van der Waals surface area contributed by atoms with Crippen LogP contribution in [0.5, 0.6) is 0 Å². The zero-order chi connectivity index (χ0) is 15.7. The van der Waals surface area contributed by atoms with Crippen LogP contribution in [-0.4, -0.2) is 11.7 Å². The third-order valence-corrected chi connectivity index (χ3v) is 5.09. The first-order valence-electron chi connectivity index (χ1n) is 7.56. The summed E-state index contributed by atoms with van der Waals surface area (Å²) < 4.78 is 25.2. The van der Waals surface area contributed by atoms with Crippen molar-refractivity contribution >= 4 is 0 Å². The maximum absolute atomic E-state index is 12.6. The number of rotatable bonds is 4. The van der Waals surface area contributed by atoms with Crippen molar-refractivity contribution < 1.29 is 13.9 Å². The molecule has 1 fully saturated rings. The summed E-state index contributed by atoms with van der Waals surface area (Å²) >= 11 is 0. The third kappa shape index (κ3) is 3.43. The van der Waals surface area contributed by atoms with Crippen molar-refractivity contribution in [2.24, 2.45) is 16.6 Å². The van der Waals surface area contributed by atoms with Crippen molar-refractivity contribution in [1.29, 1.82) is 0 Å². The van der Waals surface area contributed by atoms with Crippen LogP contribution in [0.25, 0.3) is 0 Å². The lowest BCUT2D eigenvalue weighted by atomic mass is 9.62. The van der Waals surface area contributed by atoms with Gasteiger partial charge in [0.05, 0.1) is 6.10 Å². The van der Waals surface area contributed by atoms with Crippen molar-refractivity contribution in [3.05, 3.63) is 35.4 Å². The molecule has 0 radical (unpaired) electrons. The number of hydrogen-bond acceptors (Lipinski definition) is 2. The van der Waals surface area contributed by atoms with E-state index in [2.05, 4.69) is 13.8 Å². The van der Waals surface area contributed by atoms with Gasteiger partial charge in [-0.1, -0.05) is 38.1 Å². The van der Waals surface area contributed by atoms with Gasteiger partial charge in [0.2, 0.25) is 0 Å². The van der Waals surface area contributed by atoms with E-state index in [1.807, 2.05) is 0 Å². The molecule has 0 heterocycles. The van der Waals surface area contributed by atoms with Gasteiger partial charge in [-0.05, 0) is 36.7 Å². The minimum absolute atomic E-state index is 0.0162. The minimum Gasteiger partial charge on any atom is -0.388 e. The van der Waals surface area contributed by atoms with Gasteiger partial charge in [-0.15, -0.1) is 0 Å². The molecule has 0 amide bonds. The fourth-order valence-corrected chi connectivity index (χ4v) is 3.19. The van der Waals surface area contributed by atoms with Crippen LogP contribution < -0.4 is 5.73 Å². The van der Waals surface area contributed by atoms with E-state index in [9.17, 15) is 13.9 Å². The smallest absolute Gasteiger partial charge is 0.263 e. The van der Waals surface area contributed by atoms with Crippen molar-refractivity contribution in [3.63, 3.8) is 0 Å². The molecule has 4 heteroatoms. The van der Waals surface area contributed by atoms with Gasteiger partial charge in [-0.3, -0.25) is 0 Å². The second-order valence-corrected chi connectivity index (χ2v) is 7.10. The van der Waals surface area contributed by atoms with Crippen molar-refractivity contribution in [2.45, 2.75) is 52.1 Å². The maximum atomic E-state index is 12.6. The number of benzene rings is 1. The molecule has 2 nitrogen and oxygen atoms in total. The molecule has 1 atom stereocenters. The van der Waals surface area contributed by atoms with Crippen LogP contribution in [0.15, 0.2) is 24.3 Å². The molecule has 0 aliphatic heterocycles. The highest BCUT2D eigenvalue weighted by molar-refractivity contribution is 5.26. The molecule has 2 rings (SSSR count). The van der Waals surface area contributed by atoms with E-state index in [0.717, 1.165) is 25.7 Å². The Morgan fingerprint density at radius 1 is 1.05 bits per heavy atom. The molecule has 1 saturated carbocycles. The Morgan fingerprint density at radius 2 is 1.52 bits per heavy atom. The number of alkyl halides is 2.